The van der Waals surface area contributed by atoms with Gasteiger partial charge in [0.15, 0.2) is 0 Å². The number of aromatic nitrogens is 1. The number of carbonyl (C=O) groups is 1. The van der Waals surface area contributed by atoms with E-state index in [0.717, 1.165) is 5.56 Å². The van der Waals surface area contributed by atoms with Crippen molar-refractivity contribution in [3.05, 3.63) is 34.2 Å². The summed E-state index contributed by atoms with van der Waals surface area (Å²) in [4.78, 5) is 21.9. The Kier molecular flexibility index (Phi) is 2.98. The van der Waals surface area contributed by atoms with Crippen molar-refractivity contribution in [2.75, 3.05) is 0 Å². The standard InChI is InChI=1S/C11H15NO3/c1-11(2,3)8-4-5-9(13)12(6-8)7-10(14)15/h4-6H,7H2,1-3H3,(H,14,15). The van der Waals surface area contributed by atoms with E-state index in [2.05, 4.69) is 0 Å². The molecule has 4 heteroatoms. The Morgan fingerprint density at radius 3 is 2.47 bits per heavy atom. The molecule has 0 radical (unpaired) electrons. The van der Waals surface area contributed by atoms with Gasteiger partial charge in [-0.25, -0.2) is 0 Å². The van der Waals surface area contributed by atoms with E-state index in [1.54, 1.807) is 12.3 Å². The van der Waals surface area contributed by atoms with Crippen molar-refractivity contribution in [3.63, 3.8) is 0 Å². The second kappa shape index (κ2) is 3.88. The quantitative estimate of drug-likeness (QED) is 0.797. The molecular formula is C11H15NO3. The van der Waals surface area contributed by atoms with Gasteiger partial charge < -0.3 is 9.67 Å². The molecule has 0 spiro atoms. The van der Waals surface area contributed by atoms with Gasteiger partial charge >= 0.3 is 5.97 Å². The van der Waals surface area contributed by atoms with Gasteiger partial charge in [-0.15, -0.1) is 0 Å². The van der Waals surface area contributed by atoms with Crippen molar-refractivity contribution in [1.29, 1.82) is 0 Å². The van der Waals surface area contributed by atoms with E-state index in [-0.39, 0.29) is 17.5 Å². The summed E-state index contributed by atoms with van der Waals surface area (Å²) in [5, 5.41) is 8.63. The highest BCUT2D eigenvalue weighted by atomic mass is 16.4. The van der Waals surface area contributed by atoms with E-state index < -0.39 is 5.97 Å². The molecule has 1 aromatic rings. The summed E-state index contributed by atoms with van der Waals surface area (Å²) in [6.45, 7) is 5.75. The zero-order valence-electron chi connectivity index (χ0n) is 9.15. The fourth-order valence-electron chi connectivity index (χ4n) is 1.24. The number of pyridine rings is 1. The van der Waals surface area contributed by atoms with Gasteiger partial charge in [-0.1, -0.05) is 26.8 Å². The van der Waals surface area contributed by atoms with E-state index >= 15 is 0 Å². The third-order valence-electron chi connectivity index (χ3n) is 2.16. The molecule has 1 rings (SSSR count). The van der Waals surface area contributed by atoms with Crippen molar-refractivity contribution in [2.24, 2.45) is 0 Å². The lowest BCUT2D eigenvalue weighted by molar-refractivity contribution is -0.137. The summed E-state index contributed by atoms with van der Waals surface area (Å²) in [7, 11) is 0. The molecule has 0 aliphatic rings. The zero-order valence-corrected chi connectivity index (χ0v) is 9.15. The lowest BCUT2D eigenvalue weighted by atomic mass is 9.88. The Labute approximate surface area is 88.2 Å². The minimum atomic E-state index is -1.01. The number of rotatable bonds is 2. The molecule has 0 amide bonds. The van der Waals surface area contributed by atoms with Crippen LogP contribution in [0.4, 0.5) is 0 Å². The van der Waals surface area contributed by atoms with Gasteiger partial charge in [0, 0.05) is 12.3 Å². The first kappa shape index (κ1) is 11.5. The Bertz CT molecular complexity index is 426. The first-order valence-corrected chi connectivity index (χ1v) is 4.73. The average Bonchev–Trinajstić information content (AvgIpc) is 2.06. The first-order valence-electron chi connectivity index (χ1n) is 4.73. The summed E-state index contributed by atoms with van der Waals surface area (Å²) >= 11 is 0. The third-order valence-corrected chi connectivity index (χ3v) is 2.16. The molecule has 1 aromatic heterocycles. The highest BCUT2D eigenvalue weighted by Crippen LogP contribution is 2.20. The summed E-state index contributed by atoms with van der Waals surface area (Å²) in [5.74, 6) is -1.01. The number of aliphatic carboxylic acids is 1. The predicted molar refractivity (Wildman–Crippen MR) is 57.0 cm³/mol. The van der Waals surface area contributed by atoms with Crippen LogP contribution >= 0.6 is 0 Å². The van der Waals surface area contributed by atoms with Crippen molar-refractivity contribution in [2.45, 2.75) is 32.7 Å². The summed E-state index contributed by atoms with van der Waals surface area (Å²) < 4.78 is 1.21. The molecule has 82 valence electrons. The second-order valence-electron chi connectivity index (χ2n) is 4.53. The monoisotopic (exact) mass is 209 g/mol. The Morgan fingerprint density at radius 2 is 2.00 bits per heavy atom. The molecular weight excluding hydrogens is 194 g/mol. The van der Waals surface area contributed by atoms with Crippen LogP contribution in [-0.2, 0) is 16.8 Å². The van der Waals surface area contributed by atoms with Crippen molar-refractivity contribution in [1.82, 2.24) is 4.57 Å². The topological polar surface area (TPSA) is 59.3 Å². The maximum atomic E-state index is 11.3. The highest BCUT2D eigenvalue weighted by Gasteiger charge is 2.15. The van der Waals surface area contributed by atoms with Gasteiger partial charge in [0.25, 0.3) is 5.56 Å². The van der Waals surface area contributed by atoms with Crippen LogP contribution in [0, 0.1) is 0 Å². The normalized spacial score (nSPS) is 11.4. The van der Waals surface area contributed by atoms with Crippen molar-refractivity contribution in [3.8, 4) is 0 Å². The summed E-state index contributed by atoms with van der Waals surface area (Å²) in [6, 6.07) is 3.14. The van der Waals surface area contributed by atoms with Gasteiger partial charge in [-0.3, -0.25) is 9.59 Å². The molecule has 0 saturated carbocycles. The van der Waals surface area contributed by atoms with Crippen LogP contribution in [0.5, 0.6) is 0 Å². The average molecular weight is 209 g/mol. The molecule has 1 N–H and O–H groups in total. The summed E-state index contributed by atoms with van der Waals surface area (Å²) in [5.41, 5.74) is 0.572. The van der Waals surface area contributed by atoms with Gasteiger partial charge in [0.1, 0.15) is 6.54 Å². The third kappa shape index (κ3) is 2.94. The molecule has 0 bridgehead atoms. The fourth-order valence-corrected chi connectivity index (χ4v) is 1.24. The van der Waals surface area contributed by atoms with E-state index in [4.69, 9.17) is 5.11 Å². The molecule has 15 heavy (non-hydrogen) atoms. The number of carboxylic acids is 1. The van der Waals surface area contributed by atoms with Crippen molar-refractivity contribution < 1.29 is 9.90 Å². The Hall–Kier alpha value is -1.58. The number of nitrogens with zero attached hydrogens (tertiary/aromatic N) is 1. The largest absolute Gasteiger partial charge is 0.480 e. The van der Waals surface area contributed by atoms with Gasteiger partial charge in [0.05, 0.1) is 0 Å². The molecule has 0 aliphatic heterocycles. The van der Waals surface area contributed by atoms with E-state index in [9.17, 15) is 9.59 Å². The van der Waals surface area contributed by atoms with Crippen LogP contribution in [-0.4, -0.2) is 15.6 Å². The van der Waals surface area contributed by atoms with Crippen LogP contribution in [0.3, 0.4) is 0 Å². The SMILES string of the molecule is CC(C)(C)c1ccc(=O)n(CC(=O)O)c1. The Morgan fingerprint density at radius 1 is 1.40 bits per heavy atom. The maximum Gasteiger partial charge on any atom is 0.323 e. The van der Waals surface area contributed by atoms with E-state index in [1.165, 1.54) is 10.6 Å². The van der Waals surface area contributed by atoms with Crippen LogP contribution in [0.2, 0.25) is 0 Å². The van der Waals surface area contributed by atoms with Gasteiger partial charge in [-0.2, -0.15) is 0 Å². The zero-order chi connectivity index (χ0) is 11.6. The number of hydrogen-bond donors (Lipinski definition) is 1. The molecule has 0 unspecified atom stereocenters. The minimum Gasteiger partial charge on any atom is -0.480 e. The van der Waals surface area contributed by atoms with Crippen LogP contribution < -0.4 is 5.56 Å². The maximum absolute atomic E-state index is 11.3. The molecule has 0 saturated heterocycles. The highest BCUT2D eigenvalue weighted by molar-refractivity contribution is 5.66. The summed E-state index contributed by atoms with van der Waals surface area (Å²) in [6.07, 6.45) is 1.61. The predicted octanol–water partition coefficient (Wildman–Crippen LogP) is 1.23. The van der Waals surface area contributed by atoms with Crippen LogP contribution in [0.1, 0.15) is 26.3 Å². The Balaban J connectivity index is 3.17. The first-order chi connectivity index (χ1) is 6.80. The molecule has 0 atom stereocenters. The molecule has 0 fully saturated rings. The van der Waals surface area contributed by atoms with Gasteiger partial charge in [-0.05, 0) is 11.0 Å². The molecule has 4 nitrogen and oxygen atoms in total. The van der Waals surface area contributed by atoms with E-state index in [0.29, 0.717) is 0 Å². The fraction of sp³-hybridized carbons (Fsp3) is 0.455. The number of carboxylic acid groups (broad SMARTS) is 1. The van der Waals surface area contributed by atoms with E-state index in [1.807, 2.05) is 20.8 Å². The minimum absolute atomic E-state index is 0.0893. The molecule has 0 aliphatic carbocycles. The number of hydrogen-bond acceptors (Lipinski definition) is 2. The lowest BCUT2D eigenvalue weighted by Gasteiger charge is -2.19. The van der Waals surface area contributed by atoms with Crippen molar-refractivity contribution >= 4 is 5.97 Å². The molecule has 1 heterocycles. The smallest absolute Gasteiger partial charge is 0.323 e. The van der Waals surface area contributed by atoms with Gasteiger partial charge in [0.2, 0.25) is 0 Å². The lowest BCUT2D eigenvalue weighted by Crippen LogP contribution is -2.25. The van der Waals surface area contributed by atoms with Crippen LogP contribution in [0.15, 0.2) is 23.1 Å². The molecule has 0 aromatic carbocycles. The second-order valence-corrected chi connectivity index (χ2v) is 4.53. The van der Waals surface area contributed by atoms with Crippen LogP contribution in [0.25, 0.3) is 0 Å².